The van der Waals surface area contributed by atoms with Gasteiger partial charge in [0.15, 0.2) is 15.6 Å². The Morgan fingerprint density at radius 1 is 0.826 bits per heavy atom. The Hall–Kier alpha value is -4.38. The lowest BCUT2D eigenvalue weighted by molar-refractivity contribution is -0.118. The van der Waals surface area contributed by atoms with Crippen LogP contribution in [-0.4, -0.2) is 70.0 Å². The maximum Gasteiger partial charge on any atom is 0.338 e. The number of ether oxygens (including phenoxy) is 4. The molecule has 5 atom stereocenters. The monoisotopic (exact) mass is 646 g/mol. The van der Waals surface area contributed by atoms with Crippen molar-refractivity contribution in [2.24, 2.45) is 5.92 Å². The average Bonchev–Trinajstić information content (AvgIpc) is 3.37. The first kappa shape index (κ1) is 34.5. The minimum atomic E-state index is -3.82. The topological polar surface area (TPSA) is 122 Å². The Morgan fingerprint density at radius 2 is 1.37 bits per heavy atom. The molecule has 3 aromatic carbocycles. The zero-order valence-electron chi connectivity index (χ0n) is 25.9. The first-order chi connectivity index (χ1) is 22.0. The van der Waals surface area contributed by atoms with Gasteiger partial charge in [-0.2, -0.15) is 0 Å². The molecule has 1 saturated heterocycles. The third-order valence-electron chi connectivity index (χ3n) is 7.83. The fourth-order valence-electron chi connectivity index (χ4n) is 5.36. The third kappa shape index (κ3) is 8.87. The van der Waals surface area contributed by atoms with Crippen LogP contribution in [0.4, 0.5) is 0 Å². The fraction of sp³-hybridized carbons (Fsp3) is 0.306. The van der Waals surface area contributed by atoms with Gasteiger partial charge in [-0.25, -0.2) is 18.0 Å². The number of esters is 2. The molecule has 9 nitrogen and oxygen atoms in total. The van der Waals surface area contributed by atoms with Crippen molar-refractivity contribution in [3.8, 4) is 0 Å². The third-order valence-corrected chi connectivity index (χ3v) is 9.64. The SMILES string of the molecule is C=C(C)C(=C)C(=O)C[C@@H]1O[C@H](C[C@@H](COC(=O)c2ccccc2)OC(=O)c2ccccc2)[C@H](OC)[C@H]1CS(=O)(=O)c1ccccc1. The van der Waals surface area contributed by atoms with E-state index in [1.54, 1.807) is 85.8 Å². The molecule has 1 fully saturated rings. The van der Waals surface area contributed by atoms with E-state index in [0.717, 1.165) is 0 Å². The van der Waals surface area contributed by atoms with E-state index in [-0.39, 0.29) is 41.5 Å². The zero-order chi connectivity index (χ0) is 33.3. The lowest BCUT2D eigenvalue weighted by Crippen LogP contribution is -2.38. The number of hydrogen-bond donors (Lipinski definition) is 0. The van der Waals surface area contributed by atoms with Gasteiger partial charge in [0.05, 0.1) is 40.1 Å². The van der Waals surface area contributed by atoms with E-state index in [1.807, 2.05) is 0 Å². The van der Waals surface area contributed by atoms with Gasteiger partial charge in [0, 0.05) is 31.4 Å². The molecule has 0 bridgehead atoms. The van der Waals surface area contributed by atoms with Crippen molar-refractivity contribution in [1.29, 1.82) is 0 Å². The van der Waals surface area contributed by atoms with Crippen molar-refractivity contribution in [1.82, 2.24) is 0 Å². The summed E-state index contributed by atoms with van der Waals surface area (Å²) in [6, 6.07) is 24.7. The van der Waals surface area contributed by atoms with Crippen LogP contribution < -0.4 is 0 Å². The second-order valence-corrected chi connectivity index (χ2v) is 13.2. The highest BCUT2D eigenvalue weighted by Crippen LogP contribution is 2.37. The molecular weight excluding hydrogens is 608 g/mol. The van der Waals surface area contributed by atoms with Gasteiger partial charge < -0.3 is 18.9 Å². The molecule has 0 aliphatic carbocycles. The number of Topliss-reactive ketones (excluding diaryl/α,β-unsaturated/α-hetero) is 1. The first-order valence-corrected chi connectivity index (χ1v) is 16.5. The van der Waals surface area contributed by atoms with Crippen LogP contribution in [0.1, 0.15) is 40.5 Å². The summed E-state index contributed by atoms with van der Waals surface area (Å²) in [7, 11) is -2.39. The fourth-order valence-corrected chi connectivity index (χ4v) is 7.03. The number of allylic oxidation sites excluding steroid dienone is 2. The van der Waals surface area contributed by atoms with Gasteiger partial charge in [0.1, 0.15) is 12.7 Å². The Bertz CT molecular complexity index is 1640. The Balaban J connectivity index is 1.61. The number of methoxy groups -OCH3 is 1. The predicted molar refractivity (Wildman–Crippen MR) is 172 cm³/mol. The highest BCUT2D eigenvalue weighted by molar-refractivity contribution is 7.91. The van der Waals surface area contributed by atoms with Crippen LogP contribution in [0.5, 0.6) is 0 Å². The predicted octanol–water partition coefficient (Wildman–Crippen LogP) is 5.42. The highest BCUT2D eigenvalue weighted by Gasteiger charge is 2.48. The molecule has 1 aliphatic rings. The second-order valence-electron chi connectivity index (χ2n) is 11.2. The normalized spacial score (nSPS) is 20.0. The Kier molecular flexibility index (Phi) is 11.8. The molecule has 0 unspecified atom stereocenters. The molecule has 10 heteroatoms. The molecule has 1 heterocycles. The molecule has 0 radical (unpaired) electrons. The van der Waals surface area contributed by atoms with Gasteiger partial charge in [-0.1, -0.05) is 67.8 Å². The number of carbonyl (C=O) groups excluding carboxylic acids is 3. The van der Waals surface area contributed by atoms with Crippen LogP contribution in [0.2, 0.25) is 0 Å². The minimum absolute atomic E-state index is 0.00679. The zero-order valence-corrected chi connectivity index (χ0v) is 26.7. The summed E-state index contributed by atoms with van der Waals surface area (Å²) >= 11 is 0. The number of benzene rings is 3. The van der Waals surface area contributed by atoms with E-state index >= 15 is 0 Å². The van der Waals surface area contributed by atoms with Crippen molar-refractivity contribution in [2.75, 3.05) is 19.5 Å². The van der Waals surface area contributed by atoms with Gasteiger partial charge in [-0.15, -0.1) is 0 Å². The number of rotatable bonds is 15. The van der Waals surface area contributed by atoms with Crippen molar-refractivity contribution >= 4 is 27.6 Å². The summed E-state index contributed by atoms with van der Waals surface area (Å²) in [5.74, 6) is -2.70. The second kappa shape index (κ2) is 15.8. The first-order valence-electron chi connectivity index (χ1n) is 14.8. The van der Waals surface area contributed by atoms with Gasteiger partial charge in [-0.3, -0.25) is 4.79 Å². The number of sulfone groups is 1. The molecule has 1 aliphatic heterocycles. The molecule has 46 heavy (non-hydrogen) atoms. The Morgan fingerprint density at radius 3 is 1.91 bits per heavy atom. The van der Waals surface area contributed by atoms with E-state index in [0.29, 0.717) is 16.7 Å². The van der Waals surface area contributed by atoms with Crippen molar-refractivity contribution in [3.05, 3.63) is 126 Å². The lowest BCUT2D eigenvalue weighted by atomic mass is 9.91. The van der Waals surface area contributed by atoms with Crippen molar-refractivity contribution < 1.29 is 41.7 Å². The molecule has 4 rings (SSSR count). The number of ketones is 1. The summed E-state index contributed by atoms with van der Waals surface area (Å²) < 4.78 is 50.6. The Labute approximate surface area is 269 Å². The van der Waals surface area contributed by atoms with Gasteiger partial charge in [0.25, 0.3) is 0 Å². The van der Waals surface area contributed by atoms with E-state index in [2.05, 4.69) is 13.2 Å². The standard InChI is InChI=1S/C36H38O9S/c1-24(2)25(3)31(37)21-32-30(23-46(40,41)29-18-12-7-13-19-29)34(42-4)33(45-32)20-28(44-36(39)27-16-10-6-11-17-27)22-43-35(38)26-14-8-5-9-15-26/h5-19,28,30,32-34H,1,3,20-23H2,2,4H3/t28-,30-,32-,33+,34+/m0/s1. The van der Waals surface area contributed by atoms with Crippen LogP contribution in [0.15, 0.2) is 120 Å². The maximum absolute atomic E-state index is 13.5. The largest absolute Gasteiger partial charge is 0.458 e. The molecule has 0 spiro atoms. The summed E-state index contributed by atoms with van der Waals surface area (Å²) in [4.78, 5) is 39.1. The summed E-state index contributed by atoms with van der Waals surface area (Å²) in [5, 5.41) is 0. The lowest BCUT2D eigenvalue weighted by Gasteiger charge is -2.25. The van der Waals surface area contributed by atoms with Gasteiger partial charge in [0.2, 0.25) is 0 Å². The van der Waals surface area contributed by atoms with Crippen molar-refractivity contribution in [2.45, 2.75) is 49.1 Å². The number of carbonyl (C=O) groups is 3. The van der Waals surface area contributed by atoms with E-state index in [1.165, 1.54) is 19.2 Å². The average molecular weight is 647 g/mol. The van der Waals surface area contributed by atoms with E-state index in [4.69, 9.17) is 18.9 Å². The maximum atomic E-state index is 13.5. The molecule has 0 amide bonds. The van der Waals surface area contributed by atoms with E-state index in [9.17, 15) is 22.8 Å². The van der Waals surface area contributed by atoms with Crippen LogP contribution in [-0.2, 0) is 33.6 Å². The van der Waals surface area contributed by atoms with Crippen LogP contribution in [0.25, 0.3) is 0 Å². The molecular formula is C36H38O9S. The summed E-state index contributed by atoms with van der Waals surface area (Å²) in [6.07, 6.45) is -3.65. The summed E-state index contributed by atoms with van der Waals surface area (Å²) in [6.45, 7) is 8.97. The molecule has 242 valence electrons. The summed E-state index contributed by atoms with van der Waals surface area (Å²) in [5.41, 5.74) is 1.33. The number of hydrogen-bond acceptors (Lipinski definition) is 9. The quantitative estimate of drug-likeness (QED) is 0.121. The van der Waals surface area contributed by atoms with Crippen LogP contribution in [0, 0.1) is 5.92 Å². The van der Waals surface area contributed by atoms with E-state index < -0.39 is 52.1 Å². The molecule has 0 N–H and O–H groups in total. The molecule has 3 aromatic rings. The van der Waals surface area contributed by atoms with Crippen molar-refractivity contribution in [3.63, 3.8) is 0 Å². The molecule has 0 saturated carbocycles. The minimum Gasteiger partial charge on any atom is -0.458 e. The smallest absolute Gasteiger partial charge is 0.338 e. The molecule has 0 aromatic heterocycles. The van der Waals surface area contributed by atoms with Gasteiger partial charge in [-0.05, 0) is 48.9 Å². The van der Waals surface area contributed by atoms with Crippen LogP contribution in [0.3, 0.4) is 0 Å². The van der Waals surface area contributed by atoms with Crippen LogP contribution >= 0.6 is 0 Å². The van der Waals surface area contributed by atoms with Gasteiger partial charge >= 0.3 is 11.9 Å². The highest BCUT2D eigenvalue weighted by atomic mass is 32.2.